The summed E-state index contributed by atoms with van der Waals surface area (Å²) in [5.41, 5.74) is 2.07. The van der Waals surface area contributed by atoms with Gasteiger partial charge in [0.1, 0.15) is 5.65 Å². The summed E-state index contributed by atoms with van der Waals surface area (Å²) in [7, 11) is 0. The minimum Gasteiger partial charge on any atom is -0.349 e. The van der Waals surface area contributed by atoms with Gasteiger partial charge in [-0.2, -0.15) is 0 Å². The van der Waals surface area contributed by atoms with E-state index in [9.17, 15) is 9.59 Å². The maximum atomic E-state index is 12.6. The number of rotatable bonds is 4. The second kappa shape index (κ2) is 8.49. The zero-order chi connectivity index (χ0) is 20.2. The first kappa shape index (κ1) is 19.2. The number of nitrogens with zero attached hydrogens (tertiary/aromatic N) is 3. The van der Waals surface area contributed by atoms with Crippen molar-refractivity contribution < 1.29 is 9.59 Å². The standard InChI is InChI=1S/C22H21ClN4O2/c23-21-18(27-13-5-4-8-19(27)25-21)9-10-20(28)26-14-11-17(12-15-26)24-22(29)16-6-2-1-3-7-16/h1-10,13,17H,11-12,14-15H2,(H,24,29)/b10-9+. The van der Waals surface area contributed by atoms with Crippen molar-refractivity contribution in [2.45, 2.75) is 18.9 Å². The van der Waals surface area contributed by atoms with Crippen LogP contribution in [-0.4, -0.2) is 45.2 Å². The Morgan fingerprint density at radius 3 is 2.55 bits per heavy atom. The summed E-state index contributed by atoms with van der Waals surface area (Å²) >= 11 is 6.21. The van der Waals surface area contributed by atoms with Gasteiger partial charge < -0.3 is 10.2 Å². The van der Waals surface area contributed by atoms with Crippen molar-refractivity contribution in [1.82, 2.24) is 19.6 Å². The fourth-order valence-corrected chi connectivity index (χ4v) is 3.73. The second-order valence-electron chi connectivity index (χ2n) is 6.99. The number of nitrogens with one attached hydrogen (secondary N) is 1. The smallest absolute Gasteiger partial charge is 0.251 e. The molecule has 1 aromatic carbocycles. The number of benzene rings is 1. The predicted molar refractivity (Wildman–Crippen MR) is 113 cm³/mol. The molecule has 4 rings (SSSR count). The average Bonchev–Trinajstić information content (AvgIpc) is 3.08. The number of carbonyl (C=O) groups excluding carboxylic acids is 2. The number of hydrogen-bond donors (Lipinski definition) is 1. The Kier molecular flexibility index (Phi) is 5.62. The molecule has 2 amide bonds. The van der Waals surface area contributed by atoms with Crippen LogP contribution < -0.4 is 5.32 Å². The lowest BCUT2D eigenvalue weighted by atomic mass is 10.0. The lowest BCUT2D eigenvalue weighted by molar-refractivity contribution is -0.126. The van der Waals surface area contributed by atoms with E-state index in [0.29, 0.717) is 29.5 Å². The Balaban J connectivity index is 1.34. The molecule has 1 N–H and O–H groups in total. The van der Waals surface area contributed by atoms with Crippen molar-refractivity contribution in [2.24, 2.45) is 0 Å². The Morgan fingerprint density at radius 1 is 1.07 bits per heavy atom. The average molecular weight is 409 g/mol. The van der Waals surface area contributed by atoms with Crippen LogP contribution in [0.25, 0.3) is 11.7 Å². The third-order valence-corrected chi connectivity index (χ3v) is 5.36. The van der Waals surface area contributed by atoms with Crippen molar-refractivity contribution >= 4 is 35.1 Å². The summed E-state index contributed by atoms with van der Waals surface area (Å²) in [5, 5.41) is 3.42. The molecule has 0 aliphatic carbocycles. The summed E-state index contributed by atoms with van der Waals surface area (Å²) in [4.78, 5) is 30.9. The maximum Gasteiger partial charge on any atom is 0.251 e. The molecule has 7 heteroatoms. The lowest BCUT2D eigenvalue weighted by Crippen LogP contribution is -2.46. The van der Waals surface area contributed by atoms with Gasteiger partial charge >= 0.3 is 0 Å². The Labute approximate surface area is 173 Å². The highest BCUT2D eigenvalue weighted by atomic mass is 35.5. The van der Waals surface area contributed by atoms with Gasteiger partial charge in [-0.25, -0.2) is 4.98 Å². The number of piperidine rings is 1. The first-order valence-corrected chi connectivity index (χ1v) is 9.95. The molecule has 3 aromatic rings. The number of hydrogen-bond acceptors (Lipinski definition) is 3. The van der Waals surface area contributed by atoms with Gasteiger partial charge in [0.15, 0.2) is 5.15 Å². The van der Waals surface area contributed by atoms with E-state index < -0.39 is 0 Å². The van der Waals surface area contributed by atoms with E-state index in [1.165, 1.54) is 6.08 Å². The number of carbonyl (C=O) groups is 2. The van der Waals surface area contributed by atoms with E-state index >= 15 is 0 Å². The quantitative estimate of drug-likeness (QED) is 0.672. The molecule has 0 spiro atoms. The largest absolute Gasteiger partial charge is 0.349 e. The Hall–Kier alpha value is -3.12. The zero-order valence-corrected chi connectivity index (χ0v) is 16.5. The van der Waals surface area contributed by atoms with Crippen LogP contribution in [0, 0.1) is 0 Å². The van der Waals surface area contributed by atoms with Crippen molar-refractivity contribution in [1.29, 1.82) is 0 Å². The summed E-state index contributed by atoms with van der Waals surface area (Å²) in [5.74, 6) is -0.141. The highest BCUT2D eigenvalue weighted by molar-refractivity contribution is 6.31. The van der Waals surface area contributed by atoms with Gasteiger partial charge in [0.2, 0.25) is 5.91 Å². The molecule has 1 aliphatic rings. The third-order valence-electron chi connectivity index (χ3n) is 5.08. The molecule has 0 unspecified atom stereocenters. The highest BCUT2D eigenvalue weighted by Crippen LogP contribution is 2.19. The molecule has 0 radical (unpaired) electrons. The Bertz CT molecular complexity index is 1050. The number of aromatic nitrogens is 2. The van der Waals surface area contributed by atoms with Gasteiger partial charge in [-0.05, 0) is 43.2 Å². The van der Waals surface area contributed by atoms with E-state index in [1.54, 1.807) is 23.1 Å². The van der Waals surface area contributed by atoms with Gasteiger partial charge in [-0.1, -0.05) is 35.9 Å². The van der Waals surface area contributed by atoms with Crippen LogP contribution in [0.2, 0.25) is 5.15 Å². The number of likely N-dealkylation sites (tertiary alicyclic amines) is 1. The predicted octanol–water partition coefficient (Wildman–Crippen LogP) is 3.42. The number of pyridine rings is 1. The van der Waals surface area contributed by atoms with E-state index in [4.69, 9.17) is 11.6 Å². The molecular weight excluding hydrogens is 388 g/mol. The van der Waals surface area contributed by atoms with Crippen molar-refractivity contribution in [3.8, 4) is 0 Å². The number of fused-ring (bicyclic) bond motifs is 1. The fourth-order valence-electron chi connectivity index (χ4n) is 3.49. The monoisotopic (exact) mass is 408 g/mol. The first-order chi connectivity index (χ1) is 14.1. The summed E-state index contributed by atoms with van der Waals surface area (Å²) < 4.78 is 1.84. The number of imidazole rings is 1. The van der Waals surface area contributed by atoms with Crippen LogP contribution in [0.3, 0.4) is 0 Å². The van der Waals surface area contributed by atoms with E-state index in [1.807, 2.05) is 47.0 Å². The van der Waals surface area contributed by atoms with Gasteiger partial charge in [-0.3, -0.25) is 14.0 Å². The van der Waals surface area contributed by atoms with Crippen LogP contribution in [0.5, 0.6) is 0 Å². The molecule has 2 aromatic heterocycles. The van der Waals surface area contributed by atoms with Crippen LogP contribution in [0.1, 0.15) is 28.9 Å². The maximum absolute atomic E-state index is 12.6. The molecule has 148 valence electrons. The molecule has 1 fully saturated rings. The second-order valence-corrected chi connectivity index (χ2v) is 7.35. The fraction of sp³-hybridized carbons (Fsp3) is 0.227. The van der Waals surface area contributed by atoms with Crippen LogP contribution in [0.4, 0.5) is 0 Å². The normalized spacial score (nSPS) is 15.1. The molecule has 6 nitrogen and oxygen atoms in total. The van der Waals surface area contributed by atoms with E-state index in [-0.39, 0.29) is 17.9 Å². The SMILES string of the molecule is O=C(NC1CCN(C(=O)/C=C/c2c(Cl)nc3ccccn23)CC1)c1ccccc1. The van der Waals surface area contributed by atoms with Crippen molar-refractivity contribution in [2.75, 3.05) is 13.1 Å². The van der Waals surface area contributed by atoms with E-state index in [2.05, 4.69) is 10.3 Å². The van der Waals surface area contributed by atoms with Gasteiger partial charge in [0.25, 0.3) is 5.91 Å². The molecule has 29 heavy (non-hydrogen) atoms. The molecule has 1 aliphatic heterocycles. The molecular formula is C22H21ClN4O2. The molecule has 3 heterocycles. The molecule has 0 atom stereocenters. The molecule has 0 bridgehead atoms. The summed E-state index contributed by atoms with van der Waals surface area (Å²) in [6, 6.07) is 14.9. The van der Waals surface area contributed by atoms with Gasteiger partial charge in [-0.15, -0.1) is 0 Å². The van der Waals surface area contributed by atoms with Crippen LogP contribution in [0.15, 0.2) is 60.8 Å². The lowest BCUT2D eigenvalue weighted by Gasteiger charge is -2.31. The zero-order valence-electron chi connectivity index (χ0n) is 15.8. The van der Waals surface area contributed by atoms with Gasteiger partial charge in [0, 0.05) is 37.0 Å². The van der Waals surface area contributed by atoms with Crippen molar-refractivity contribution in [3.63, 3.8) is 0 Å². The minimum absolute atomic E-state index is 0.0696. The number of halogens is 1. The topological polar surface area (TPSA) is 66.7 Å². The van der Waals surface area contributed by atoms with Crippen LogP contribution in [-0.2, 0) is 4.79 Å². The minimum atomic E-state index is -0.0717. The summed E-state index contributed by atoms with van der Waals surface area (Å²) in [6.07, 6.45) is 6.56. The first-order valence-electron chi connectivity index (χ1n) is 9.57. The number of amides is 2. The molecule has 0 saturated carbocycles. The van der Waals surface area contributed by atoms with Crippen LogP contribution >= 0.6 is 11.6 Å². The Morgan fingerprint density at radius 2 is 1.79 bits per heavy atom. The summed E-state index contributed by atoms with van der Waals surface area (Å²) in [6.45, 7) is 1.20. The van der Waals surface area contributed by atoms with Gasteiger partial charge in [0.05, 0.1) is 5.69 Å². The third kappa shape index (κ3) is 4.32. The molecule has 1 saturated heterocycles. The van der Waals surface area contributed by atoms with E-state index in [0.717, 1.165) is 18.5 Å². The highest BCUT2D eigenvalue weighted by Gasteiger charge is 2.23. The van der Waals surface area contributed by atoms with Crippen molar-refractivity contribution in [3.05, 3.63) is 77.2 Å².